The fourth-order valence-corrected chi connectivity index (χ4v) is 2.86. The van der Waals surface area contributed by atoms with Crippen molar-refractivity contribution in [2.45, 2.75) is 17.9 Å². The van der Waals surface area contributed by atoms with E-state index >= 15 is 0 Å². The predicted molar refractivity (Wildman–Crippen MR) is 79.2 cm³/mol. The van der Waals surface area contributed by atoms with E-state index in [1.165, 1.54) is 36.0 Å². The number of thioether (sulfide) groups is 1. The van der Waals surface area contributed by atoms with Crippen molar-refractivity contribution in [1.82, 2.24) is 14.8 Å². The fourth-order valence-electron chi connectivity index (χ4n) is 1.72. The lowest BCUT2D eigenvalue weighted by Gasteiger charge is -2.09. The molecule has 22 heavy (non-hydrogen) atoms. The van der Waals surface area contributed by atoms with Crippen molar-refractivity contribution < 1.29 is 17.9 Å². The lowest BCUT2D eigenvalue weighted by atomic mass is 10.2. The highest BCUT2D eigenvalue weighted by atomic mass is 35.5. The summed E-state index contributed by atoms with van der Waals surface area (Å²) in [6, 6.07) is 5.52. The largest absolute Gasteiger partial charge is 0.573 e. The first-order valence-electron chi connectivity index (χ1n) is 6.35. The van der Waals surface area contributed by atoms with Gasteiger partial charge in [-0.15, -0.1) is 35.0 Å². The topological polar surface area (TPSA) is 39.9 Å². The Morgan fingerprint density at radius 2 is 1.91 bits per heavy atom. The molecule has 1 heterocycles. The Balaban J connectivity index is 2.12. The van der Waals surface area contributed by atoms with Crippen LogP contribution in [0.1, 0.15) is 6.42 Å². The highest BCUT2D eigenvalue weighted by Gasteiger charge is 2.31. The van der Waals surface area contributed by atoms with Crippen molar-refractivity contribution in [3.8, 4) is 17.1 Å². The van der Waals surface area contributed by atoms with E-state index in [4.69, 9.17) is 11.6 Å². The van der Waals surface area contributed by atoms with E-state index in [1.54, 1.807) is 11.6 Å². The van der Waals surface area contributed by atoms with Crippen LogP contribution in [0.5, 0.6) is 5.75 Å². The zero-order valence-electron chi connectivity index (χ0n) is 11.6. The average Bonchev–Trinajstić information content (AvgIpc) is 2.80. The molecule has 0 bridgehead atoms. The minimum Gasteiger partial charge on any atom is -0.406 e. The molecular formula is C13H13ClF3N3OS. The van der Waals surface area contributed by atoms with Crippen LogP contribution in [-0.2, 0) is 7.05 Å². The summed E-state index contributed by atoms with van der Waals surface area (Å²) in [4.78, 5) is 0. The number of benzene rings is 1. The SMILES string of the molecule is Cn1c(SCCCCl)nnc1-c1ccc(OC(F)(F)F)cc1. The average molecular weight is 352 g/mol. The first-order chi connectivity index (χ1) is 10.4. The van der Waals surface area contributed by atoms with Crippen molar-refractivity contribution in [1.29, 1.82) is 0 Å². The van der Waals surface area contributed by atoms with Crippen LogP contribution >= 0.6 is 23.4 Å². The zero-order valence-corrected chi connectivity index (χ0v) is 13.2. The number of halogens is 4. The standard InChI is InChI=1S/C13H13ClF3N3OS/c1-20-11(18-19-12(20)22-8-2-7-14)9-3-5-10(6-4-9)21-13(15,16)17/h3-6H,2,7-8H2,1H3. The number of ether oxygens (including phenoxy) is 1. The van der Waals surface area contributed by atoms with E-state index in [-0.39, 0.29) is 5.75 Å². The van der Waals surface area contributed by atoms with E-state index in [0.717, 1.165) is 17.3 Å². The highest BCUT2D eigenvalue weighted by Crippen LogP contribution is 2.27. The zero-order chi connectivity index (χ0) is 16.2. The second-order valence-electron chi connectivity index (χ2n) is 4.33. The molecule has 0 aliphatic carbocycles. The molecule has 9 heteroatoms. The third-order valence-corrected chi connectivity index (χ3v) is 4.06. The maximum Gasteiger partial charge on any atom is 0.573 e. The molecule has 2 aromatic rings. The molecule has 0 N–H and O–H groups in total. The van der Waals surface area contributed by atoms with Gasteiger partial charge in [0.15, 0.2) is 11.0 Å². The van der Waals surface area contributed by atoms with E-state index in [9.17, 15) is 13.2 Å². The van der Waals surface area contributed by atoms with Gasteiger partial charge in [0.05, 0.1) is 0 Å². The molecule has 2 rings (SSSR count). The molecule has 0 aliphatic rings. The van der Waals surface area contributed by atoms with Crippen molar-refractivity contribution in [2.75, 3.05) is 11.6 Å². The van der Waals surface area contributed by atoms with Gasteiger partial charge in [-0.1, -0.05) is 11.8 Å². The smallest absolute Gasteiger partial charge is 0.406 e. The number of aromatic nitrogens is 3. The van der Waals surface area contributed by atoms with Gasteiger partial charge in [-0.2, -0.15) is 0 Å². The molecule has 0 aliphatic heterocycles. The van der Waals surface area contributed by atoms with Gasteiger partial charge < -0.3 is 9.30 Å². The van der Waals surface area contributed by atoms with Crippen LogP contribution in [0.4, 0.5) is 13.2 Å². The molecule has 0 fully saturated rings. The molecule has 4 nitrogen and oxygen atoms in total. The summed E-state index contributed by atoms with van der Waals surface area (Å²) in [5.74, 6) is 1.72. The molecule has 0 amide bonds. The number of hydrogen-bond acceptors (Lipinski definition) is 4. The quantitative estimate of drug-likeness (QED) is 0.446. The van der Waals surface area contributed by atoms with Crippen molar-refractivity contribution in [3.63, 3.8) is 0 Å². The van der Waals surface area contributed by atoms with Crippen molar-refractivity contribution in [2.24, 2.45) is 7.05 Å². The summed E-state index contributed by atoms with van der Waals surface area (Å²) in [5, 5.41) is 8.86. The van der Waals surface area contributed by atoms with Gasteiger partial charge in [-0.25, -0.2) is 0 Å². The number of hydrogen-bond donors (Lipinski definition) is 0. The fraction of sp³-hybridized carbons (Fsp3) is 0.385. The normalized spacial score (nSPS) is 11.7. The van der Waals surface area contributed by atoms with Crippen LogP contribution < -0.4 is 4.74 Å². The minimum atomic E-state index is -4.70. The molecule has 0 saturated carbocycles. The Labute approximate surface area is 134 Å². The van der Waals surface area contributed by atoms with Crippen molar-refractivity contribution in [3.05, 3.63) is 24.3 Å². The van der Waals surface area contributed by atoms with Gasteiger partial charge in [0.2, 0.25) is 0 Å². The highest BCUT2D eigenvalue weighted by molar-refractivity contribution is 7.99. The molecule has 0 radical (unpaired) electrons. The van der Waals surface area contributed by atoms with Gasteiger partial charge in [-0.05, 0) is 30.7 Å². The Morgan fingerprint density at radius 3 is 2.50 bits per heavy atom. The van der Waals surface area contributed by atoms with E-state index in [2.05, 4.69) is 14.9 Å². The maximum atomic E-state index is 12.1. The van der Waals surface area contributed by atoms with Gasteiger partial charge in [0, 0.05) is 24.2 Å². The lowest BCUT2D eigenvalue weighted by Crippen LogP contribution is -2.16. The van der Waals surface area contributed by atoms with E-state index in [0.29, 0.717) is 17.3 Å². The monoisotopic (exact) mass is 351 g/mol. The maximum absolute atomic E-state index is 12.1. The Bertz CT molecular complexity index is 616. The summed E-state index contributed by atoms with van der Waals surface area (Å²) in [6.45, 7) is 0. The molecule has 1 aromatic heterocycles. The molecule has 0 spiro atoms. The second kappa shape index (κ2) is 7.23. The molecular weight excluding hydrogens is 339 g/mol. The molecule has 0 atom stereocenters. The first-order valence-corrected chi connectivity index (χ1v) is 7.87. The molecule has 0 unspecified atom stereocenters. The van der Waals surface area contributed by atoms with Crippen molar-refractivity contribution >= 4 is 23.4 Å². The third-order valence-electron chi connectivity index (χ3n) is 2.69. The van der Waals surface area contributed by atoms with Crippen LogP contribution in [0.3, 0.4) is 0 Å². The summed E-state index contributed by atoms with van der Waals surface area (Å²) in [5.41, 5.74) is 0.661. The summed E-state index contributed by atoms with van der Waals surface area (Å²) in [6.07, 6.45) is -3.84. The predicted octanol–water partition coefficient (Wildman–Crippen LogP) is 4.10. The molecule has 1 aromatic carbocycles. The van der Waals surface area contributed by atoms with Crippen LogP contribution in [0, 0.1) is 0 Å². The Hall–Kier alpha value is -1.41. The Morgan fingerprint density at radius 1 is 1.23 bits per heavy atom. The summed E-state index contributed by atoms with van der Waals surface area (Å²) >= 11 is 7.15. The van der Waals surface area contributed by atoms with Gasteiger partial charge in [0.25, 0.3) is 0 Å². The number of rotatable bonds is 6. The number of alkyl halides is 4. The summed E-state index contributed by atoms with van der Waals surface area (Å²) < 4.78 is 42.0. The van der Waals surface area contributed by atoms with E-state index < -0.39 is 6.36 Å². The van der Waals surface area contributed by atoms with Crippen LogP contribution in [0.2, 0.25) is 0 Å². The van der Waals surface area contributed by atoms with Gasteiger partial charge in [0.1, 0.15) is 5.75 Å². The summed E-state index contributed by atoms with van der Waals surface area (Å²) in [7, 11) is 1.80. The minimum absolute atomic E-state index is 0.268. The third kappa shape index (κ3) is 4.54. The molecule has 0 saturated heterocycles. The van der Waals surface area contributed by atoms with Crippen LogP contribution in [-0.4, -0.2) is 32.8 Å². The van der Waals surface area contributed by atoms with Crippen LogP contribution in [0.15, 0.2) is 29.4 Å². The molecule has 120 valence electrons. The Kier molecular flexibility index (Phi) is 5.57. The van der Waals surface area contributed by atoms with Crippen LogP contribution in [0.25, 0.3) is 11.4 Å². The lowest BCUT2D eigenvalue weighted by molar-refractivity contribution is -0.274. The first kappa shape index (κ1) is 17.0. The number of nitrogens with zero attached hydrogens (tertiary/aromatic N) is 3. The second-order valence-corrected chi connectivity index (χ2v) is 5.77. The van der Waals surface area contributed by atoms with Gasteiger partial charge >= 0.3 is 6.36 Å². The van der Waals surface area contributed by atoms with E-state index in [1.807, 2.05) is 0 Å². The van der Waals surface area contributed by atoms with Gasteiger partial charge in [-0.3, -0.25) is 0 Å².